The van der Waals surface area contributed by atoms with Gasteiger partial charge in [0.25, 0.3) is 0 Å². The summed E-state index contributed by atoms with van der Waals surface area (Å²) in [7, 11) is 0. The fraction of sp³-hybridized carbons (Fsp3) is 0.500. The molecule has 7 nitrogen and oxygen atoms in total. The van der Waals surface area contributed by atoms with E-state index in [0.29, 0.717) is 18.8 Å². The molecule has 2 atom stereocenters. The van der Waals surface area contributed by atoms with Crippen molar-refractivity contribution in [3.8, 4) is 0 Å². The number of hydrogen-bond donors (Lipinski definition) is 2. The molecule has 2 heterocycles. The molecule has 21 heavy (non-hydrogen) atoms. The van der Waals surface area contributed by atoms with Crippen molar-refractivity contribution in [2.24, 2.45) is 11.8 Å². The first-order valence-electron chi connectivity index (χ1n) is 6.78. The van der Waals surface area contributed by atoms with Gasteiger partial charge in [0.1, 0.15) is 5.76 Å². The number of nitrogens with zero attached hydrogens (tertiary/aromatic N) is 1. The highest BCUT2D eigenvalue weighted by molar-refractivity contribution is 5.89. The lowest BCUT2D eigenvalue weighted by molar-refractivity contribution is -0.141. The molecule has 0 aliphatic carbocycles. The summed E-state index contributed by atoms with van der Waals surface area (Å²) in [4.78, 5) is 36.1. The largest absolute Gasteiger partial charge is 0.481 e. The highest BCUT2D eigenvalue weighted by atomic mass is 16.4. The van der Waals surface area contributed by atoms with E-state index in [2.05, 4.69) is 5.32 Å². The Morgan fingerprint density at radius 3 is 2.95 bits per heavy atom. The zero-order chi connectivity index (χ0) is 15.4. The average Bonchev–Trinajstić information content (AvgIpc) is 3.06. The monoisotopic (exact) mass is 294 g/mol. The Bertz CT molecular complexity index is 525. The minimum atomic E-state index is -0.961. The molecule has 0 saturated carbocycles. The van der Waals surface area contributed by atoms with Gasteiger partial charge in [-0.2, -0.15) is 0 Å². The minimum absolute atomic E-state index is 0.0665. The lowest BCUT2D eigenvalue weighted by atomic mass is 10.1. The number of carboxylic acid groups (broad SMARTS) is 1. The molecular weight excluding hydrogens is 276 g/mol. The smallest absolute Gasteiger partial charge is 0.308 e. The molecule has 1 aromatic rings. The lowest BCUT2D eigenvalue weighted by Crippen LogP contribution is -2.36. The van der Waals surface area contributed by atoms with E-state index in [1.165, 1.54) is 13.2 Å². The second-order valence-electron chi connectivity index (χ2n) is 5.24. The van der Waals surface area contributed by atoms with Crippen LogP contribution in [0.15, 0.2) is 22.8 Å². The van der Waals surface area contributed by atoms with Gasteiger partial charge in [-0.15, -0.1) is 0 Å². The number of amides is 2. The molecular formula is C14H18N2O5. The average molecular weight is 294 g/mol. The van der Waals surface area contributed by atoms with Gasteiger partial charge in [0.2, 0.25) is 11.8 Å². The van der Waals surface area contributed by atoms with Crippen LogP contribution in [-0.2, 0) is 20.9 Å². The van der Waals surface area contributed by atoms with Crippen LogP contribution in [0.4, 0.5) is 0 Å². The van der Waals surface area contributed by atoms with Gasteiger partial charge in [0.05, 0.1) is 24.6 Å². The third-order valence-electron chi connectivity index (χ3n) is 3.52. The van der Waals surface area contributed by atoms with Crippen molar-refractivity contribution >= 4 is 17.8 Å². The summed E-state index contributed by atoms with van der Waals surface area (Å²) >= 11 is 0. The number of nitrogens with one attached hydrogen (secondary N) is 1. The van der Waals surface area contributed by atoms with E-state index in [0.717, 1.165) is 0 Å². The van der Waals surface area contributed by atoms with Crippen molar-refractivity contribution in [3.63, 3.8) is 0 Å². The highest BCUT2D eigenvalue weighted by Gasteiger charge is 2.34. The first-order chi connectivity index (χ1) is 9.97. The fourth-order valence-electron chi connectivity index (χ4n) is 2.18. The summed E-state index contributed by atoms with van der Waals surface area (Å²) in [6.07, 6.45) is 1.68. The van der Waals surface area contributed by atoms with E-state index in [1.54, 1.807) is 17.0 Å². The molecule has 2 amide bonds. The molecule has 1 aromatic heterocycles. The summed E-state index contributed by atoms with van der Waals surface area (Å²) < 4.78 is 5.19. The first kappa shape index (κ1) is 15.1. The molecule has 1 fully saturated rings. The normalized spacial score (nSPS) is 19.6. The molecule has 1 saturated heterocycles. The van der Waals surface area contributed by atoms with Crippen molar-refractivity contribution in [1.82, 2.24) is 10.2 Å². The van der Waals surface area contributed by atoms with Gasteiger partial charge in [-0.1, -0.05) is 6.92 Å². The Kier molecular flexibility index (Phi) is 4.62. The third-order valence-corrected chi connectivity index (χ3v) is 3.52. The number of carbonyl (C=O) groups excluding carboxylic acids is 2. The van der Waals surface area contributed by atoms with Crippen molar-refractivity contribution in [2.75, 3.05) is 13.1 Å². The maximum absolute atomic E-state index is 12.0. The predicted octanol–water partition coefficient (Wildman–Crippen LogP) is 0.465. The van der Waals surface area contributed by atoms with Crippen LogP contribution in [-0.4, -0.2) is 40.9 Å². The summed E-state index contributed by atoms with van der Waals surface area (Å²) in [6.45, 7) is 2.26. The Balaban J connectivity index is 1.84. The van der Waals surface area contributed by atoms with Crippen LogP contribution in [0, 0.1) is 11.8 Å². The van der Waals surface area contributed by atoms with Gasteiger partial charge >= 0.3 is 5.97 Å². The number of hydrogen-bond acceptors (Lipinski definition) is 4. The first-order valence-corrected chi connectivity index (χ1v) is 6.78. The standard InChI is InChI=1S/C14H18N2O5/c1-9(14(19)20)6-15-13(18)10-5-12(17)16(7-10)8-11-3-2-4-21-11/h2-4,9-10H,5-8H2,1H3,(H,15,18)(H,19,20). The SMILES string of the molecule is CC(CNC(=O)C1CC(=O)N(Cc2ccco2)C1)C(=O)O. The quantitative estimate of drug-likeness (QED) is 0.794. The molecule has 114 valence electrons. The fourth-order valence-corrected chi connectivity index (χ4v) is 2.18. The number of furan rings is 1. The van der Waals surface area contributed by atoms with Gasteiger partial charge < -0.3 is 19.7 Å². The molecule has 0 spiro atoms. The topological polar surface area (TPSA) is 99.9 Å². The zero-order valence-corrected chi connectivity index (χ0v) is 11.7. The zero-order valence-electron chi connectivity index (χ0n) is 11.7. The van der Waals surface area contributed by atoms with Gasteiger partial charge in [0, 0.05) is 19.5 Å². The van der Waals surface area contributed by atoms with Gasteiger partial charge in [-0.25, -0.2) is 0 Å². The maximum atomic E-state index is 12.0. The van der Waals surface area contributed by atoms with E-state index in [4.69, 9.17) is 9.52 Å². The van der Waals surface area contributed by atoms with Gasteiger partial charge in [-0.05, 0) is 12.1 Å². The second kappa shape index (κ2) is 6.43. The Labute approximate surface area is 121 Å². The van der Waals surface area contributed by atoms with Crippen molar-refractivity contribution < 1.29 is 23.9 Å². The van der Waals surface area contributed by atoms with Crippen LogP contribution in [0.2, 0.25) is 0 Å². The predicted molar refractivity (Wildman–Crippen MR) is 72.0 cm³/mol. The maximum Gasteiger partial charge on any atom is 0.308 e. The molecule has 0 bridgehead atoms. The summed E-state index contributed by atoms with van der Waals surface area (Å²) in [5.74, 6) is -1.75. The molecule has 7 heteroatoms. The van der Waals surface area contributed by atoms with E-state index in [1.807, 2.05) is 0 Å². The lowest BCUT2D eigenvalue weighted by Gasteiger charge is -2.15. The molecule has 1 aliphatic rings. The molecule has 2 unspecified atom stereocenters. The Morgan fingerprint density at radius 2 is 2.33 bits per heavy atom. The Hall–Kier alpha value is -2.31. The van der Waals surface area contributed by atoms with Crippen LogP contribution in [0.1, 0.15) is 19.1 Å². The van der Waals surface area contributed by atoms with Crippen LogP contribution < -0.4 is 5.32 Å². The third kappa shape index (κ3) is 3.84. The minimum Gasteiger partial charge on any atom is -0.481 e. The number of carbonyl (C=O) groups is 3. The number of likely N-dealkylation sites (tertiary alicyclic amines) is 1. The van der Waals surface area contributed by atoms with Crippen molar-refractivity contribution in [2.45, 2.75) is 19.9 Å². The molecule has 2 N–H and O–H groups in total. The molecule has 2 rings (SSSR count). The second-order valence-corrected chi connectivity index (χ2v) is 5.24. The Morgan fingerprint density at radius 1 is 1.57 bits per heavy atom. The van der Waals surface area contributed by atoms with Crippen LogP contribution >= 0.6 is 0 Å². The highest BCUT2D eigenvalue weighted by Crippen LogP contribution is 2.20. The summed E-state index contributed by atoms with van der Waals surface area (Å²) in [5.41, 5.74) is 0. The van der Waals surface area contributed by atoms with Crippen molar-refractivity contribution in [3.05, 3.63) is 24.2 Å². The number of rotatable bonds is 6. The van der Waals surface area contributed by atoms with E-state index in [-0.39, 0.29) is 24.8 Å². The van der Waals surface area contributed by atoms with E-state index >= 15 is 0 Å². The summed E-state index contributed by atoms with van der Waals surface area (Å²) in [5, 5.41) is 11.3. The molecule has 1 aliphatic heterocycles. The van der Waals surface area contributed by atoms with Gasteiger partial charge in [0.15, 0.2) is 0 Å². The van der Waals surface area contributed by atoms with Crippen molar-refractivity contribution in [1.29, 1.82) is 0 Å². The summed E-state index contributed by atoms with van der Waals surface area (Å²) in [6, 6.07) is 3.52. The molecule has 0 radical (unpaired) electrons. The van der Waals surface area contributed by atoms with Gasteiger partial charge in [-0.3, -0.25) is 14.4 Å². The van der Waals surface area contributed by atoms with E-state index < -0.39 is 17.8 Å². The number of carboxylic acids is 1. The number of aliphatic carboxylic acids is 1. The van der Waals surface area contributed by atoms with E-state index in [9.17, 15) is 14.4 Å². The van der Waals surface area contributed by atoms with Crippen LogP contribution in [0.3, 0.4) is 0 Å². The van der Waals surface area contributed by atoms with Crippen LogP contribution in [0.5, 0.6) is 0 Å². The van der Waals surface area contributed by atoms with Crippen LogP contribution in [0.25, 0.3) is 0 Å². The molecule has 0 aromatic carbocycles.